The molecule has 11 heteroatoms. The molecule has 1 aliphatic rings. The number of aromatic nitrogens is 1. The van der Waals surface area contributed by atoms with Gasteiger partial charge in [-0.15, -0.1) is 11.3 Å². The second-order valence-electron chi connectivity index (χ2n) is 6.57. The quantitative estimate of drug-likeness (QED) is 0.396. The molecule has 0 amide bonds. The van der Waals surface area contributed by atoms with E-state index in [-0.39, 0.29) is 10.2 Å². The Bertz CT molecular complexity index is 876. The van der Waals surface area contributed by atoms with Crippen LogP contribution in [-0.4, -0.2) is 46.1 Å². The molecule has 1 aliphatic heterocycles. The average molecular weight is 448 g/mol. The lowest BCUT2D eigenvalue weighted by atomic mass is 10.0. The SMILES string of the molecule is O=S(=O)(Nc1nccs1)c1cc(Cl)c(NCCCCNCC2CNC2)cc1F. The number of unbranched alkanes of at least 4 members (excludes halogenated alkanes) is 1. The van der Waals surface area contributed by atoms with Gasteiger partial charge in [-0.2, -0.15) is 0 Å². The topological polar surface area (TPSA) is 95.2 Å². The lowest BCUT2D eigenvalue weighted by molar-refractivity contribution is 0.331. The van der Waals surface area contributed by atoms with Crippen LogP contribution in [0.4, 0.5) is 15.2 Å². The van der Waals surface area contributed by atoms with Gasteiger partial charge in [-0.25, -0.2) is 17.8 Å². The molecule has 1 aromatic carbocycles. The normalized spacial score (nSPS) is 14.6. The molecule has 0 radical (unpaired) electrons. The summed E-state index contributed by atoms with van der Waals surface area (Å²) < 4.78 is 41.3. The molecule has 1 aromatic heterocycles. The zero-order chi connectivity index (χ0) is 20.0. The van der Waals surface area contributed by atoms with E-state index < -0.39 is 20.7 Å². The zero-order valence-electron chi connectivity index (χ0n) is 15.2. The van der Waals surface area contributed by atoms with E-state index in [9.17, 15) is 12.8 Å². The Labute approximate surface area is 173 Å². The van der Waals surface area contributed by atoms with E-state index >= 15 is 0 Å². The number of rotatable bonds is 11. The average Bonchev–Trinajstić information content (AvgIpc) is 3.10. The van der Waals surface area contributed by atoms with E-state index in [1.807, 2.05) is 0 Å². The maximum Gasteiger partial charge on any atom is 0.266 e. The summed E-state index contributed by atoms with van der Waals surface area (Å²) >= 11 is 7.26. The fraction of sp³-hybridized carbons (Fsp3) is 0.471. The minimum absolute atomic E-state index is 0.150. The van der Waals surface area contributed by atoms with Crippen LogP contribution in [0.2, 0.25) is 5.02 Å². The summed E-state index contributed by atoms with van der Waals surface area (Å²) in [6.45, 7) is 4.75. The highest BCUT2D eigenvalue weighted by atomic mass is 35.5. The van der Waals surface area contributed by atoms with Crippen LogP contribution in [0.15, 0.2) is 28.6 Å². The van der Waals surface area contributed by atoms with Crippen LogP contribution in [0.25, 0.3) is 0 Å². The van der Waals surface area contributed by atoms with Crippen LogP contribution in [-0.2, 0) is 10.0 Å². The third kappa shape index (κ3) is 5.77. The van der Waals surface area contributed by atoms with Gasteiger partial charge in [0.15, 0.2) is 5.13 Å². The van der Waals surface area contributed by atoms with Gasteiger partial charge in [0.05, 0.1) is 10.7 Å². The van der Waals surface area contributed by atoms with Crippen molar-refractivity contribution in [2.75, 3.05) is 42.8 Å². The van der Waals surface area contributed by atoms with Gasteiger partial charge in [0.25, 0.3) is 10.0 Å². The molecule has 0 atom stereocenters. The number of anilines is 2. The molecule has 4 N–H and O–H groups in total. The molecule has 0 unspecified atom stereocenters. The van der Waals surface area contributed by atoms with Crippen molar-refractivity contribution in [1.29, 1.82) is 0 Å². The number of hydrogen-bond acceptors (Lipinski definition) is 7. The number of sulfonamides is 1. The number of hydrogen-bond donors (Lipinski definition) is 4. The number of halogens is 2. The fourth-order valence-electron chi connectivity index (χ4n) is 2.71. The molecule has 154 valence electrons. The Morgan fingerprint density at radius 2 is 2.07 bits per heavy atom. The fourth-order valence-corrected chi connectivity index (χ4v) is 4.88. The van der Waals surface area contributed by atoms with Crippen LogP contribution in [0.1, 0.15) is 12.8 Å². The van der Waals surface area contributed by atoms with E-state index in [1.165, 1.54) is 6.20 Å². The van der Waals surface area contributed by atoms with E-state index in [0.717, 1.165) is 68.4 Å². The van der Waals surface area contributed by atoms with Gasteiger partial charge in [0.2, 0.25) is 0 Å². The minimum atomic E-state index is -4.10. The summed E-state index contributed by atoms with van der Waals surface area (Å²) in [4.78, 5) is 3.33. The first-order valence-electron chi connectivity index (χ1n) is 9.02. The van der Waals surface area contributed by atoms with Crippen LogP contribution >= 0.6 is 22.9 Å². The first kappa shape index (κ1) is 21.3. The minimum Gasteiger partial charge on any atom is -0.384 e. The third-order valence-electron chi connectivity index (χ3n) is 4.36. The standard InChI is InChI=1S/C17H23ClFN5O2S2/c18-13-7-16(28(25,26)24-17-23-5-6-27-17)14(19)8-15(13)22-4-2-1-3-20-9-12-10-21-11-12/h5-8,12,20-22H,1-4,9-11H2,(H,23,24). The van der Waals surface area contributed by atoms with Gasteiger partial charge in [-0.3, -0.25) is 4.72 Å². The van der Waals surface area contributed by atoms with Crippen molar-refractivity contribution in [3.05, 3.63) is 34.5 Å². The highest BCUT2D eigenvalue weighted by Crippen LogP contribution is 2.29. The zero-order valence-corrected chi connectivity index (χ0v) is 17.6. The lowest BCUT2D eigenvalue weighted by Crippen LogP contribution is -2.47. The number of nitrogens with one attached hydrogen (secondary N) is 4. The van der Waals surface area contributed by atoms with Crippen LogP contribution in [0.3, 0.4) is 0 Å². The Balaban J connectivity index is 1.48. The first-order valence-corrected chi connectivity index (χ1v) is 11.8. The van der Waals surface area contributed by atoms with Crippen molar-refractivity contribution in [1.82, 2.24) is 15.6 Å². The Kier molecular flexibility index (Phi) is 7.47. The second kappa shape index (κ2) is 9.84. The first-order chi connectivity index (χ1) is 13.5. The predicted molar refractivity (Wildman–Crippen MR) is 111 cm³/mol. The molecule has 2 aromatic rings. The molecule has 0 spiro atoms. The number of nitrogens with zero attached hydrogens (tertiary/aromatic N) is 1. The maximum absolute atomic E-state index is 14.4. The molecule has 3 rings (SSSR count). The van der Waals surface area contributed by atoms with Gasteiger partial charge in [-0.1, -0.05) is 11.6 Å². The van der Waals surface area contributed by atoms with Crippen molar-refractivity contribution < 1.29 is 12.8 Å². The Morgan fingerprint density at radius 1 is 1.29 bits per heavy atom. The second-order valence-corrected chi connectivity index (χ2v) is 9.52. The molecule has 0 aliphatic carbocycles. The number of thiazole rings is 1. The van der Waals surface area contributed by atoms with Crippen molar-refractivity contribution in [2.45, 2.75) is 17.7 Å². The molecule has 7 nitrogen and oxygen atoms in total. The van der Waals surface area contributed by atoms with Crippen molar-refractivity contribution in [3.8, 4) is 0 Å². The molecule has 1 fully saturated rings. The van der Waals surface area contributed by atoms with Crippen molar-refractivity contribution in [2.24, 2.45) is 5.92 Å². The Hall–Kier alpha value is -1.46. The summed E-state index contributed by atoms with van der Waals surface area (Å²) in [7, 11) is -4.10. The summed E-state index contributed by atoms with van der Waals surface area (Å²) in [5, 5.41) is 11.7. The smallest absolute Gasteiger partial charge is 0.266 e. The summed E-state index contributed by atoms with van der Waals surface area (Å²) in [5.41, 5.74) is 0.376. The van der Waals surface area contributed by atoms with Gasteiger partial charge in [0, 0.05) is 37.8 Å². The van der Waals surface area contributed by atoms with Gasteiger partial charge in [0.1, 0.15) is 10.7 Å². The lowest BCUT2D eigenvalue weighted by Gasteiger charge is -2.27. The molecule has 0 bridgehead atoms. The van der Waals surface area contributed by atoms with Crippen molar-refractivity contribution in [3.63, 3.8) is 0 Å². The highest BCUT2D eigenvalue weighted by molar-refractivity contribution is 7.93. The summed E-state index contributed by atoms with van der Waals surface area (Å²) in [6.07, 6.45) is 3.33. The van der Waals surface area contributed by atoms with Gasteiger partial charge >= 0.3 is 0 Å². The molecule has 28 heavy (non-hydrogen) atoms. The van der Waals surface area contributed by atoms with Crippen molar-refractivity contribution >= 4 is 43.8 Å². The van der Waals surface area contributed by atoms with E-state index in [2.05, 4.69) is 25.7 Å². The summed E-state index contributed by atoms with van der Waals surface area (Å²) in [5.74, 6) is -0.133. The van der Waals surface area contributed by atoms with E-state index in [0.29, 0.717) is 12.2 Å². The molecule has 2 heterocycles. The monoisotopic (exact) mass is 447 g/mol. The van der Waals surface area contributed by atoms with Crippen LogP contribution in [0.5, 0.6) is 0 Å². The Morgan fingerprint density at radius 3 is 2.75 bits per heavy atom. The maximum atomic E-state index is 14.4. The van der Waals surface area contributed by atoms with E-state index in [1.54, 1.807) is 5.38 Å². The third-order valence-corrected chi connectivity index (χ3v) is 6.84. The molecule has 1 saturated heterocycles. The highest BCUT2D eigenvalue weighted by Gasteiger charge is 2.22. The van der Waals surface area contributed by atoms with E-state index in [4.69, 9.17) is 11.6 Å². The van der Waals surface area contributed by atoms with Gasteiger partial charge in [-0.05, 0) is 37.4 Å². The van der Waals surface area contributed by atoms with Crippen LogP contribution in [0, 0.1) is 11.7 Å². The molecule has 0 saturated carbocycles. The number of benzene rings is 1. The molecular formula is C17H23ClFN5O2S2. The molecular weight excluding hydrogens is 425 g/mol. The largest absolute Gasteiger partial charge is 0.384 e. The summed E-state index contributed by atoms with van der Waals surface area (Å²) in [6, 6.07) is 2.23. The van der Waals surface area contributed by atoms with Gasteiger partial charge < -0.3 is 16.0 Å². The van der Waals surface area contributed by atoms with Crippen LogP contribution < -0.4 is 20.7 Å². The predicted octanol–water partition coefficient (Wildman–Crippen LogP) is 2.74.